The highest BCUT2D eigenvalue weighted by Crippen LogP contribution is 2.65. The van der Waals surface area contributed by atoms with Gasteiger partial charge in [0.15, 0.2) is 0 Å². The van der Waals surface area contributed by atoms with Crippen LogP contribution < -0.4 is 5.73 Å². The number of hydrogen-bond acceptors (Lipinski definition) is 3. The zero-order valence-electron chi connectivity index (χ0n) is 10.00. The summed E-state index contributed by atoms with van der Waals surface area (Å²) < 4.78 is 5.04. The van der Waals surface area contributed by atoms with Gasteiger partial charge in [-0.1, -0.05) is 0 Å². The molecule has 0 aromatic carbocycles. The predicted octanol–water partition coefficient (Wildman–Crippen LogP) is 1.70. The Morgan fingerprint density at radius 2 is 1.94 bits per heavy atom. The van der Waals surface area contributed by atoms with Crippen LogP contribution in [0, 0.1) is 22.7 Å². The number of ether oxygens (including phenoxy) is 1. The van der Waals surface area contributed by atoms with E-state index < -0.39 is 0 Å². The molecule has 4 aliphatic carbocycles. The number of methoxy groups -OCH3 is 1. The van der Waals surface area contributed by atoms with Gasteiger partial charge in [-0.15, -0.1) is 0 Å². The van der Waals surface area contributed by atoms with E-state index in [1.54, 1.807) is 0 Å². The Morgan fingerprint density at radius 3 is 2.44 bits per heavy atom. The molecule has 4 saturated carbocycles. The second-order valence-corrected chi connectivity index (χ2v) is 6.44. The van der Waals surface area contributed by atoms with E-state index in [1.165, 1.54) is 26.4 Å². The minimum Gasteiger partial charge on any atom is -0.469 e. The van der Waals surface area contributed by atoms with Gasteiger partial charge in [-0.2, -0.15) is 0 Å². The molecule has 4 rings (SSSR count). The molecule has 0 radical (unpaired) electrons. The first kappa shape index (κ1) is 10.6. The molecule has 90 valence electrons. The molecule has 0 aliphatic heterocycles. The Bertz CT molecular complexity index is 312. The second kappa shape index (κ2) is 3.22. The molecule has 2 N–H and O–H groups in total. The third-order valence-corrected chi connectivity index (χ3v) is 5.23. The first-order valence-corrected chi connectivity index (χ1v) is 6.40. The number of carbonyl (C=O) groups is 1. The summed E-state index contributed by atoms with van der Waals surface area (Å²) in [7, 11) is 1.52. The topological polar surface area (TPSA) is 52.3 Å². The molecule has 0 saturated heterocycles. The van der Waals surface area contributed by atoms with Crippen LogP contribution in [0.2, 0.25) is 0 Å². The second-order valence-electron chi connectivity index (χ2n) is 6.44. The van der Waals surface area contributed by atoms with Gasteiger partial charge < -0.3 is 10.5 Å². The smallest absolute Gasteiger partial charge is 0.311 e. The standard InChI is InChI=1S/C13H21NO2/c1-16-11(15)13-5-9-2-10(6-13)4-12(3-9,7-13)8-14/h9-10H,2-8,14H2,1H3. The Morgan fingerprint density at radius 1 is 1.31 bits per heavy atom. The first-order chi connectivity index (χ1) is 7.61. The lowest BCUT2D eigenvalue weighted by Crippen LogP contribution is -2.57. The summed E-state index contributed by atoms with van der Waals surface area (Å²) in [4.78, 5) is 12.1. The molecule has 4 aliphatic rings. The van der Waals surface area contributed by atoms with E-state index in [-0.39, 0.29) is 16.8 Å². The lowest BCUT2D eigenvalue weighted by molar-refractivity contribution is -0.177. The van der Waals surface area contributed by atoms with Crippen LogP contribution in [-0.4, -0.2) is 19.6 Å². The van der Waals surface area contributed by atoms with Gasteiger partial charge in [-0.3, -0.25) is 4.79 Å². The number of esters is 1. The van der Waals surface area contributed by atoms with E-state index in [0.29, 0.717) is 0 Å². The third kappa shape index (κ3) is 1.27. The molecule has 0 amide bonds. The zero-order valence-corrected chi connectivity index (χ0v) is 10.00. The van der Waals surface area contributed by atoms with Crippen LogP contribution in [-0.2, 0) is 9.53 Å². The first-order valence-electron chi connectivity index (χ1n) is 6.40. The van der Waals surface area contributed by atoms with Gasteiger partial charge in [0.1, 0.15) is 0 Å². The number of carbonyl (C=O) groups excluding carboxylic acids is 1. The molecule has 4 fully saturated rings. The molecule has 2 unspecified atom stereocenters. The van der Waals surface area contributed by atoms with E-state index in [4.69, 9.17) is 10.5 Å². The fraction of sp³-hybridized carbons (Fsp3) is 0.923. The largest absolute Gasteiger partial charge is 0.469 e. The molecule has 16 heavy (non-hydrogen) atoms. The van der Waals surface area contributed by atoms with Crippen molar-refractivity contribution in [1.82, 2.24) is 0 Å². The van der Waals surface area contributed by atoms with Crippen molar-refractivity contribution in [2.75, 3.05) is 13.7 Å². The fourth-order valence-electron chi connectivity index (χ4n) is 5.15. The molecule has 3 heteroatoms. The van der Waals surface area contributed by atoms with Gasteiger partial charge in [-0.05, 0) is 62.3 Å². The van der Waals surface area contributed by atoms with Crippen molar-refractivity contribution in [3.05, 3.63) is 0 Å². The van der Waals surface area contributed by atoms with Crippen molar-refractivity contribution >= 4 is 5.97 Å². The number of rotatable bonds is 2. The number of hydrogen-bond donors (Lipinski definition) is 1. The predicted molar refractivity (Wildman–Crippen MR) is 60.6 cm³/mol. The van der Waals surface area contributed by atoms with Gasteiger partial charge in [0.05, 0.1) is 12.5 Å². The highest BCUT2D eigenvalue weighted by atomic mass is 16.5. The van der Waals surface area contributed by atoms with E-state index in [9.17, 15) is 4.79 Å². The normalized spacial score (nSPS) is 49.4. The van der Waals surface area contributed by atoms with E-state index in [0.717, 1.165) is 37.6 Å². The van der Waals surface area contributed by atoms with Gasteiger partial charge >= 0.3 is 5.97 Å². The van der Waals surface area contributed by atoms with Crippen molar-refractivity contribution in [1.29, 1.82) is 0 Å². The van der Waals surface area contributed by atoms with E-state index in [1.807, 2.05) is 0 Å². The molecule has 2 atom stereocenters. The van der Waals surface area contributed by atoms with Gasteiger partial charge in [0, 0.05) is 0 Å². The van der Waals surface area contributed by atoms with Crippen LogP contribution in [0.1, 0.15) is 38.5 Å². The van der Waals surface area contributed by atoms with Crippen molar-refractivity contribution in [2.45, 2.75) is 38.5 Å². The summed E-state index contributed by atoms with van der Waals surface area (Å²) >= 11 is 0. The van der Waals surface area contributed by atoms with Crippen LogP contribution >= 0.6 is 0 Å². The van der Waals surface area contributed by atoms with Gasteiger partial charge in [0.25, 0.3) is 0 Å². The van der Waals surface area contributed by atoms with E-state index >= 15 is 0 Å². The quantitative estimate of drug-likeness (QED) is 0.725. The highest BCUT2D eigenvalue weighted by Gasteiger charge is 2.60. The Hall–Kier alpha value is -0.570. The number of nitrogens with two attached hydrogens (primary N) is 1. The summed E-state index contributed by atoms with van der Waals surface area (Å²) in [5, 5.41) is 0. The highest BCUT2D eigenvalue weighted by molar-refractivity contribution is 5.77. The molecule has 0 heterocycles. The summed E-state index contributed by atoms with van der Waals surface area (Å²) in [6.07, 6.45) is 6.91. The molecule has 3 nitrogen and oxygen atoms in total. The fourth-order valence-corrected chi connectivity index (χ4v) is 5.15. The monoisotopic (exact) mass is 223 g/mol. The summed E-state index contributed by atoms with van der Waals surface area (Å²) in [6.45, 7) is 0.749. The Labute approximate surface area is 96.7 Å². The average Bonchev–Trinajstić information content (AvgIpc) is 2.26. The van der Waals surface area contributed by atoms with Crippen LogP contribution in [0.15, 0.2) is 0 Å². The Kier molecular flexibility index (Phi) is 2.13. The van der Waals surface area contributed by atoms with Crippen molar-refractivity contribution in [3.8, 4) is 0 Å². The van der Waals surface area contributed by atoms with Gasteiger partial charge in [-0.25, -0.2) is 0 Å². The van der Waals surface area contributed by atoms with Crippen molar-refractivity contribution < 1.29 is 9.53 Å². The lowest BCUT2D eigenvalue weighted by atomic mass is 9.44. The minimum atomic E-state index is -0.168. The maximum absolute atomic E-state index is 12.1. The van der Waals surface area contributed by atoms with E-state index in [2.05, 4.69) is 0 Å². The zero-order chi connectivity index (χ0) is 11.4. The maximum atomic E-state index is 12.1. The molecule has 0 aromatic heterocycles. The van der Waals surface area contributed by atoms with Crippen LogP contribution in [0.5, 0.6) is 0 Å². The van der Waals surface area contributed by atoms with Gasteiger partial charge in [0.2, 0.25) is 0 Å². The van der Waals surface area contributed by atoms with Crippen molar-refractivity contribution in [2.24, 2.45) is 28.4 Å². The minimum absolute atomic E-state index is 0.0272. The SMILES string of the molecule is COC(=O)C12CC3CC(CC(CN)(C3)C1)C2. The molecule has 0 spiro atoms. The Balaban J connectivity index is 1.95. The average molecular weight is 223 g/mol. The van der Waals surface area contributed by atoms with Crippen molar-refractivity contribution in [3.63, 3.8) is 0 Å². The molecule has 0 aromatic rings. The molecular formula is C13H21NO2. The summed E-state index contributed by atoms with van der Waals surface area (Å²) in [5.41, 5.74) is 6.07. The van der Waals surface area contributed by atoms with Crippen LogP contribution in [0.25, 0.3) is 0 Å². The maximum Gasteiger partial charge on any atom is 0.311 e. The molecular weight excluding hydrogens is 202 g/mol. The summed E-state index contributed by atoms with van der Waals surface area (Å²) in [5.74, 6) is 1.48. The third-order valence-electron chi connectivity index (χ3n) is 5.23. The molecule has 4 bridgehead atoms. The lowest BCUT2D eigenvalue weighted by Gasteiger charge is -2.60. The van der Waals surface area contributed by atoms with Crippen LogP contribution in [0.4, 0.5) is 0 Å². The summed E-state index contributed by atoms with van der Waals surface area (Å²) in [6, 6.07) is 0. The van der Waals surface area contributed by atoms with Crippen LogP contribution in [0.3, 0.4) is 0 Å².